The third-order valence-corrected chi connectivity index (χ3v) is 2.22. The van der Waals surface area contributed by atoms with Crippen molar-refractivity contribution in [3.63, 3.8) is 0 Å². The monoisotopic (exact) mass is 284 g/mol. The second-order valence-electron chi connectivity index (χ2n) is 2.63. The van der Waals surface area contributed by atoms with Crippen LogP contribution in [0, 0.1) is 0 Å². The summed E-state index contributed by atoms with van der Waals surface area (Å²) in [6, 6.07) is 0. The van der Waals surface area contributed by atoms with Crippen LogP contribution in [-0.4, -0.2) is 32.5 Å². The Balaban J connectivity index is 2.74. The Kier molecular flexibility index (Phi) is 3.45. The molecule has 0 aromatic carbocycles. The van der Waals surface area contributed by atoms with Gasteiger partial charge in [-0.3, -0.25) is 4.72 Å². The summed E-state index contributed by atoms with van der Waals surface area (Å²) in [5.74, 6) is -6.65. The van der Waals surface area contributed by atoms with Crippen molar-refractivity contribution in [2.75, 3.05) is 4.72 Å². The van der Waals surface area contributed by atoms with Gasteiger partial charge < -0.3 is 0 Å². The van der Waals surface area contributed by atoms with Gasteiger partial charge in [-0.2, -0.15) is 40.8 Å². The second-order valence-corrected chi connectivity index (χ2v) is 3.55. The third kappa shape index (κ3) is 2.73. The molecule has 1 aromatic heterocycles. The molecule has 4 nitrogen and oxygen atoms in total. The van der Waals surface area contributed by atoms with E-state index in [0.717, 1.165) is 6.33 Å². The Labute approximate surface area is 93.1 Å². The topological polar surface area (TPSA) is 53.6 Å². The zero-order chi connectivity index (χ0) is 13.3. The first kappa shape index (κ1) is 13.9. The predicted octanol–water partition coefficient (Wildman–Crippen LogP) is 2.66. The standard InChI is InChI=1S/C5H3F7N4S/c6-3(7,4(8,9)10)5(11,12)17-16-2-13-1-14-15-2/h1H,(H2,13,14,15,16). The highest BCUT2D eigenvalue weighted by Gasteiger charge is 2.73. The average Bonchev–Trinajstić information content (AvgIpc) is 2.65. The van der Waals surface area contributed by atoms with Crippen LogP contribution in [0.1, 0.15) is 0 Å². The van der Waals surface area contributed by atoms with Gasteiger partial charge in [-0.1, -0.05) is 0 Å². The molecule has 0 aliphatic heterocycles. The lowest BCUT2D eigenvalue weighted by Crippen LogP contribution is -2.50. The highest BCUT2D eigenvalue weighted by atomic mass is 32.2. The molecule has 1 aromatic rings. The minimum Gasteiger partial charge on any atom is -0.294 e. The summed E-state index contributed by atoms with van der Waals surface area (Å²) in [5, 5.41) is -0.276. The number of hydrogen-bond donors (Lipinski definition) is 2. The van der Waals surface area contributed by atoms with E-state index in [0.29, 0.717) is 0 Å². The van der Waals surface area contributed by atoms with Gasteiger partial charge in [-0.15, -0.1) is 0 Å². The maximum Gasteiger partial charge on any atom is 0.460 e. The van der Waals surface area contributed by atoms with E-state index in [1.165, 1.54) is 4.72 Å². The van der Waals surface area contributed by atoms with Crippen molar-refractivity contribution in [1.29, 1.82) is 0 Å². The van der Waals surface area contributed by atoms with Crippen LogP contribution in [0.5, 0.6) is 0 Å². The summed E-state index contributed by atoms with van der Waals surface area (Å²) >= 11 is -1.12. The largest absolute Gasteiger partial charge is 0.460 e. The van der Waals surface area contributed by atoms with E-state index in [9.17, 15) is 30.7 Å². The number of halogens is 7. The Morgan fingerprint density at radius 3 is 2.12 bits per heavy atom. The van der Waals surface area contributed by atoms with Crippen molar-refractivity contribution in [2.24, 2.45) is 0 Å². The fraction of sp³-hybridized carbons (Fsp3) is 0.600. The Morgan fingerprint density at radius 2 is 1.71 bits per heavy atom. The molecule has 0 saturated heterocycles. The van der Waals surface area contributed by atoms with Crippen LogP contribution in [-0.2, 0) is 0 Å². The predicted molar refractivity (Wildman–Crippen MR) is 43.5 cm³/mol. The first-order valence-electron chi connectivity index (χ1n) is 3.69. The average molecular weight is 284 g/mol. The maximum absolute atomic E-state index is 12.7. The number of aromatic amines is 1. The molecule has 0 amide bonds. The van der Waals surface area contributed by atoms with Crippen molar-refractivity contribution >= 4 is 17.9 Å². The van der Waals surface area contributed by atoms with Crippen molar-refractivity contribution < 1.29 is 30.7 Å². The molecule has 0 spiro atoms. The van der Waals surface area contributed by atoms with E-state index in [1.54, 1.807) is 0 Å². The summed E-state index contributed by atoms with van der Waals surface area (Å²) in [7, 11) is 0. The van der Waals surface area contributed by atoms with Crippen molar-refractivity contribution in [1.82, 2.24) is 15.2 Å². The molecule has 0 bridgehead atoms. The first-order valence-corrected chi connectivity index (χ1v) is 4.51. The van der Waals surface area contributed by atoms with Gasteiger partial charge in [0.15, 0.2) is 0 Å². The molecule has 0 radical (unpaired) electrons. The molecule has 1 rings (SSSR count). The molecule has 0 unspecified atom stereocenters. The fourth-order valence-corrected chi connectivity index (χ4v) is 1.16. The van der Waals surface area contributed by atoms with Crippen LogP contribution in [0.3, 0.4) is 0 Å². The molecule has 2 N–H and O–H groups in total. The van der Waals surface area contributed by atoms with Crippen LogP contribution >= 0.6 is 11.9 Å². The SMILES string of the molecule is FC(F)(F)C(F)(F)C(F)(F)SNc1ncn[nH]1. The number of hydrogen-bond acceptors (Lipinski definition) is 4. The normalized spacial score (nSPS) is 13.8. The Bertz CT molecular complexity index is 361. The number of anilines is 1. The van der Waals surface area contributed by atoms with Gasteiger partial charge in [0.25, 0.3) is 0 Å². The first-order chi connectivity index (χ1) is 7.58. The molecule has 0 aliphatic carbocycles. The van der Waals surface area contributed by atoms with E-state index in [1.807, 2.05) is 5.10 Å². The summed E-state index contributed by atoms with van der Waals surface area (Å²) in [5.41, 5.74) is 0. The molecule has 12 heteroatoms. The lowest BCUT2D eigenvalue weighted by Gasteiger charge is -2.26. The number of nitrogens with zero attached hydrogens (tertiary/aromatic N) is 2. The highest BCUT2D eigenvalue weighted by molar-refractivity contribution is 8.01. The van der Waals surface area contributed by atoms with Crippen LogP contribution in [0.2, 0.25) is 0 Å². The number of nitrogens with one attached hydrogen (secondary N) is 2. The minimum absolute atomic E-state index is 0.479. The summed E-state index contributed by atoms with van der Waals surface area (Å²) < 4.78 is 86.6. The van der Waals surface area contributed by atoms with E-state index in [4.69, 9.17) is 0 Å². The lowest BCUT2D eigenvalue weighted by molar-refractivity contribution is -0.330. The zero-order valence-corrected chi connectivity index (χ0v) is 8.34. The smallest absolute Gasteiger partial charge is 0.294 e. The van der Waals surface area contributed by atoms with Gasteiger partial charge in [-0.25, -0.2) is 5.10 Å². The molecule has 0 atom stereocenters. The summed E-state index contributed by atoms with van der Waals surface area (Å²) in [4.78, 5) is 3.21. The number of rotatable bonds is 4. The molecule has 0 saturated carbocycles. The molecule has 17 heavy (non-hydrogen) atoms. The van der Waals surface area contributed by atoms with Gasteiger partial charge in [0, 0.05) is 11.9 Å². The van der Waals surface area contributed by atoms with Crippen LogP contribution in [0.25, 0.3) is 0 Å². The van der Waals surface area contributed by atoms with Gasteiger partial charge in [-0.05, 0) is 0 Å². The lowest BCUT2D eigenvalue weighted by atomic mass is 10.3. The van der Waals surface area contributed by atoms with Gasteiger partial charge in [0.05, 0.1) is 0 Å². The van der Waals surface area contributed by atoms with Crippen molar-refractivity contribution in [2.45, 2.75) is 17.4 Å². The number of aromatic nitrogens is 3. The molecular weight excluding hydrogens is 281 g/mol. The van der Waals surface area contributed by atoms with E-state index < -0.39 is 35.2 Å². The maximum atomic E-state index is 12.7. The quantitative estimate of drug-likeness (QED) is 0.659. The highest BCUT2D eigenvalue weighted by Crippen LogP contribution is 2.51. The molecule has 0 fully saturated rings. The van der Waals surface area contributed by atoms with Gasteiger partial charge in [0.1, 0.15) is 6.33 Å². The molecule has 0 aliphatic rings. The molecular formula is C5H3F7N4S. The Morgan fingerprint density at radius 1 is 1.12 bits per heavy atom. The Hall–Kier alpha value is -1.20. The van der Waals surface area contributed by atoms with Gasteiger partial charge in [0.2, 0.25) is 5.95 Å². The summed E-state index contributed by atoms with van der Waals surface area (Å²) in [6.45, 7) is 0. The molecule has 98 valence electrons. The molecule has 1 heterocycles. The second kappa shape index (κ2) is 4.23. The fourth-order valence-electron chi connectivity index (χ4n) is 0.596. The van der Waals surface area contributed by atoms with E-state index in [2.05, 4.69) is 10.1 Å². The van der Waals surface area contributed by atoms with Gasteiger partial charge >= 0.3 is 17.4 Å². The van der Waals surface area contributed by atoms with Crippen molar-refractivity contribution in [3.05, 3.63) is 6.33 Å². The van der Waals surface area contributed by atoms with Crippen LogP contribution < -0.4 is 4.72 Å². The minimum atomic E-state index is -6.35. The number of H-pyrrole nitrogens is 1. The zero-order valence-electron chi connectivity index (χ0n) is 7.53. The van der Waals surface area contributed by atoms with Crippen molar-refractivity contribution in [3.8, 4) is 0 Å². The van der Waals surface area contributed by atoms with Crippen LogP contribution in [0.4, 0.5) is 36.7 Å². The van der Waals surface area contributed by atoms with E-state index >= 15 is 0 Å². The summed E-state index contributed by atoms with van der Waals surface area (Å²) in [6.07, 6.45) is -5.50. The number of alkyl halides is 7. The van der Waals surface area contributed by atoms with E-state index in [-0.39, 0.29) is 0 Å². The van der Waals surface area contributed by atoms with Crippen LogP contribution in [0.15, 0.2) is 6.33 Å². The third-order valence-electron chi connectivity index (χ3n) is 1.41.